The van der Waals surface area contributed by atoms with Crippen molar-refractivity contribution in [3.8, 4) is 0 Å². The summed E-state index contributed by atoms with van der Waals surface area (Å²) in [4.78, 5) is 28.4. The highest BCUT2D eigenvalue weighted by molar-refractivity contribution is 7.97. The van der Waals surface area contributed by atoms with E-state index in [2.05, 4.69) is 25.2 Å². The number of likely N-dealkylation sites (tertiary alicyclic amines) is 1. The minimum absolute atomic E-state index is 0.0251. The van der Waals surface area contributed by atoms with Crippen molar-refractivity contribution in [3.05, 3.63) is 69.2 Å². The maximum absolute atomic E-state index is 13.1. The van der Waals surface area contributed by atoms with Crippen LogP contribution in [0, 0.1) is 0 Å². The molecule has 2 aliphatic heterocycles. The molecule has 1 fully saturated rings. The Labute approximate surface area is 247 Å². The number of carbonyl (C=O) groups excluding carboxylic acids is 1. The number of ether oxygens (including phenoxy) is 1. The number of hydrogen-bond donors (Lipinski definition) is 2. The molecule has 9 nitrogen and oxygen atoms in total. The molecule has 5 heterocycles. The Hall–Kier alpha value is -2.78. The minimum Gasteiger partial charge on any atom is -0.366 e. The van der Waals surface area contributed by atoms with E-state index in [1.807, 2.05) is 19.9 Å². The normalized spacial score (nSPS) is 21.0. The summed E-state index contributed by atoms with van der Waals surface area (Å²) >= 11 is 1.43. The third kappa shape index (κ3) is 6.27. The van der Waals surface area contributed by atoms with Crippen LogP contribution in [0.5, 0.6) is 0 Å². The van der Waals surface area contributed by atoms with Crippen LogP contribution in [0.4, 0.5) is 13.2 Å². The van der Waals surface area contributed by atoms with Crippen LogP contribution in [0.15, 0.2) is 41.7 Å². The van der Waals surface area contributed by atoms with Crippen molar-refractivity contribution >= 4 is 27.5 Å². The summed E-state index contributed by atoms with van der Waals surface area (Å²) in [6, 6.07) is 4.97. The summed E-state index contributed by atoms with van der Waals surface area (Å²) in [6.45, 7) is 7.09. The molecule has 0 aliphatic carbocycles. The molecule has 0 aromatic carbocycles. The molecule has 2 aliphatic rings. The zero-order valence-electron chi connectivity index (χ0n) is 23.5. The molecule has 0 bridgehead atoms. The van der Waals surface area contributed by atoms with E-state index >= 15 is 0 Å². The van der Waals surface area contributed by atoms with E-state index in [0.717, 1.165) is 10.4 Å². The van der Waals surface area contributed by atoms with E-state index in [0.29, 0.717) is 48.5 Å². The van der Waals surface area contributed by atoms with Gasteiger partial charge in [0, 0.05) is 42.0 Å². The average molecular weight is 625 g/mol. The van der Waals surface area contributed by atoms with Crippen LogP contribution < -0.4 is 5.32 Å². The average Bonchev–Trinajstić information content (AvgIpc) is 3.41. The number of thiophene rings is 1. The summed E-state index contributed by atoms with van der Waals surface area (Å²) in [6.07, 6.45) is 1.31. The number of carbonyl (C=O) groups is 1. The molecule has 3 aromatic heterocycles. The molecule has 1 spiro atoms. The van der Waals surface area contributed by atoms with Crippen LogP contribution in [0.2, 0.25) is 0 Å². The number of aromatic nitrogens is 3. The molecule has 1 amide bonds. The first-order chi connectivity index (χ1) is 19.8. The largest absolute Gasteiger partial charge is 0.451 e. The number of halogens is 3. The topological polar surface area (TPSA) is 118 Å². The van der Waals surface area contributed by atoms with Crippen LogP contribution in [0.25, 0.3) is 0 Å². The SMILES string of the molecule is CC[S+](=O)(O)c1ccc(CNC(=O)c2cc3c(s2)C2(CCN([C@H](C)c4cnc(C(F)(F)F)nc4)CC2)O[C@@H](C)C3)nc1. The van der Waals surface area contributed by atoms with Crippen LogP contribution in [0.3, 0.4) is 0 Å². The molecule has 42 heavy (non-hydrogen) atoms. The first-order valence-corrected chi connectivity index (χ1v) is 16.2. The quantitative estimate of drug-likeness (QED) is 0.343. The number of fused-ring (bicyclic) bond motifs is 2. The lowest BCUT2D eigenvalue weighted by Gasteiger charge is -2.47. The van der Waals surface area contributed by atoms with Crippen LogP contribution in [-0.4, -0.2) is 55.3 Å². The lowest BCUT2D eigenvalue weighted by atomic mass is 9.83. The van der Waals surface area contributed by atoms with Gasteiger partial charge in [0.15, 0.2) is 0 Å². The van der Waals surface area contributed by atoms with E-state index in [1.165, 1.54) is 29.9 Å². The highest BCUT2D eigenvalue weighted by Gasteiger charge is 2.45. The summed E-state index contributed by atoms with van der Waals surface area (Å²) in [5.74, 6) is -1.27. The smallest absolute Gasteiger partial charge is 0.366 e. The van der Waals surface area contributed by atoms with Crippen molar-refractivity contribution in [1.82, 2.24) is 25.2 Å². The highest BCUT2D eigenvalue weighted by Crippen LogP contribution is 2.48. The van der Waals surface area contributed by atoms with Gasteiger partial charge in [-0.3, -0.25) is 14.7 Å². The number of nitrogens with zero attached hydrogens (tertiary/aromatic N) is 4. The van der Waals surface area contributed by atoms with Gasteiger partial charge in [0.05, 0.1) is 29.4 Å². The molecule has 14 heteroatoms. The van der Waals surface area contributed by atoms with Crippen molar-refractivity contribution in [2.45, 2.75) is 75.4 Å². The predicted octanol–water partition coefficient (Wildman–Crippen LogP) is 5.25. The number of hydrogen-bond acceptors (Lipinski definition) is 8. The van der Waals surface area contributed by atoms with Gasteiger partial charge in [0.2, 0.25) is 20.9 Å². The third-order valence-electron chi connectivity index (χ3n) is 7.93. The molecular weight excluding hydrogens is 591 g/mol. The Morgan fingerprint density at radius 1 is 1.24 bits per heavy atom. The van der Waals surface area contributed by atoms with Gasteiger partial charge in [-0.15, -0.1) is 11.3 Å². The number of piperidine rings is 1. The zero-order valence-corrected chi connectivity index (χ0v) is 25.1. The van der Waals surface area contributed by atoms with Crippen LogP contribution >= 0.6 is 11.3 Å². The molecule has 3 atom stereocenters. The van der Waals surface area contributed by atoms with Crippen molar-refractivity contribution in [1.29, 1.82) is 0 Å². The Morgan fingerprint density at radius 2 is 1.93 bits per heavy atom. The number of amides is 1. The summed E-state index contributed by atoms with van der Waals surface area (Å²) in [5.41, 5.74) is 1.76. The van der Waals surface area contributed by atoms with Crippen molar-refractivity contribution in [2.75, 3.05) is 18.8 Å². The molecule has 1 unspecified atom stereocenters. The highest BCUT2D eigenvalue weighted by atomic mass is 32.3. The Balaban J connectivity index is 1.25. The monoisotopic (exact) mass is 624 g/mol. The molecule has 5 rings (SSSR count). The molecule has 0 saturated carbocycles. The number of rotatable bonds is 7. The van der Waals surface area contributed by atoms with Gasteiger partial charge in [-0.1, -0.05) is 4.21 Å². The Morgan fingerprint density at radius 3 is 2.52 bits per heavy atom. The Kier molecular flexibility index (Phi) is 8.56. The van der Waals surface area contributed by atoms with E-state index < -0.39 is 27.8 Å². The number of alkyl halides is 3. The maximum atomic E-state index is 13.1. The molecular formula is C28H33F3N5O4S2+. The fraction of sp³-hybridized carbons (Fsp3) is 0.500. The van der Waals surface area contributed by atoms with Crippen molar-refractivity contribution < 1.29 is 31.5 Å². The van der Waals surface area contributed by atoms with Gasteiger partial charge in [-0.2, -0.15) is 17.7 Å². The summed E-state index contributed by atoms with van der Waals surface area (Å²) in [5, 5.41) is 2.90. The number of pyridine rings is 1. The molecule has 0 radical (unpaired) electrons. The minimum atomic E-state index is -4.58. The van der Waals surface area contributed by atoms with E-state index in [9.17, 15) is 26.7 Å². The van der Waals surface area contributed by atoms with Crippen LogP contribution in [0.1, 0.15) is 76.8 Å². The van der Waals surface area contributed by atoms with Gasteiger partial charge in [0.25, 0.3) is 5.91 Å². The standard InChI is InChI=1S/C28H32F3N5O4S2/c1-4-42(38,39)22-6-5-21(32-16-22)15-33-25(37)23-12-19-11-17(2)40-27(24(19)41-23)7-9-36(10-8-27)18(3)20-13-34-26(35-14-20)28(29,30)31/h5-6,12-14,16-18H,4,7-11,15H2,1-3H3,(H-,33,37,38,39)/p+1/t17-,18+/m0/s1. The first kappa shape index (κ1) is 30.7. The lowest BCUT2D eigenvalue weighted by molar-refractivity contribution is -0.145. The second-order valence-electron chi connectivity index (χ2n) is 10.7. The van der Waals surface area contributed by atoms with Gasteiger partial charge >= 0.3 is 6.18 Å². The van der Waals surface area contributed by atoms with Gasteiger partial charge in [-0.05, 0) is 63.8 Å². The molecule has 2 N–H and O–H groups in total. The second kappa shape index (κ2) is 11.7. The number of nitrogens with one attached hydrogen (secondary N) is 1. The van der Waals surface area contributed by atoms with E-state index in [4.69, 9.17) is 4.74 Å². The molecule has 226 valence electrons. The van der Waals surface area contributed by atoms with E-state index in [1.54, 1.807) is 19.1 Å². The fourth-order valence-corrected chi connectivity index (χ4v) is 7.65. The van der Waals surface area contributed by atoms with Gasteiger partial charge in [0.1, 0.15) is 11.4 Å². The van der Waals surface area contributed by atoms with Crippen molar-refractivity contribution in [2.24, 2.45) is 0 Å². The summed E-state index contributed by atoms with van der Waals surface area (Å²) in [7, 11) is -3.09. The predicted molar refractivity (Wildman–Crippen MR) is 151 cm³/mol. The Bertz CT molecular complexity index is 1470. The molecule has 3 aromatic rings. The third-order valence-corrected chi connectivity index (χ3v) is 11.1. The fourth-order valence-electron chi connectivity index (χ4n) is 5.53. The van der Waals surface area contributed by atoms with Crippen molar-refractivity contribution in [3.63, 3.8) is 0 Å². The van der Waals surface area contributed by atoms with E-state index in [-0.39, 0.29) is 35.2 Å². The van der Waals surface area contributed by atoms with Gasteiger partial charge in [-0.25, -0.2) is 9.97 Å². The van der Waals surface area contributed by atoms with Gasteiger partial charge < -0.3 is 10.1 Å². The zero-order chi connectivity index (χ0) is 30.3. The molecule has 1 saturated heterocycles. The second-order valence-corrected chi connectivity index (χ2v) is 14.1. The first-order valence-electron chi connectivity index (χ1n) is 13.7. The lowest BCUT2D eigenvalue weighted by Crippen LogP contribution is -2.48. The van der Waals surface area contributed by atoms with Crippen LogP contribution in [-0.2, 0) is 43.9 Å². The summed E-state index contributed by atoms with van der Waals surface area (Å²) < 4.78 is 67.2. The maximum Gasteiger partial charge on any atom is 0.451 e.